The first-order valence-corrected chi connectivity index (χ1v) is 24.8. The minimum atomic E-state index is -1.85. The average molecular weight is 1020 g/mol. The molecule has 0 aliphatic carbocycles. The molecule has 0 radical (unpaired) electrons. The van der Waals surface area contributed by atoms with Crippen LogP contribution in [0.5, 0.6) is 0 Å². The van der Waals surface area contributed by atoms with Crippen LogP contribution in [0.2, 0.25) is 0 Å². The van der Waals surface area contributed by atoms with Crippen molar-refractivity contribution in [3.63, 3.8) is 0 Å². The number of aliphatic hydroxyl groups excluding tert-OH is 1. The van der Waals surface area contributed by atoms with Crippen molar-refractivity contribution in [3.8, 4) is 0 Å². The summed E-state index contributed by atoms with van der Waals surface area (Å²) in [5.41, 5.74) is 4.03. The molecule has 2 saturated heterocycles. The normalized spacial score (nSPS) is 23.4. The molecular weight excluding hydrogens is 957 g/mol. The monoisotopic (exact) mass is 1010 g/mol. The van der Waals surface area contributed by atoms with Crippen molar-refractivity contribution in [2.24, 2.45) is 0 Å². The maximum absolute atomic E-state index is 14.3. The molecule has 75 heavy (non-hydrogen) atoms. The quantitative estimate of drug-likeness (QED) is 0.0505. The summed E-state index contributed by atoms with van der Waals surface area (Å²) in [5.74, 6) is -2.24. The van der Waals surface area contributed by atoms with Gasteiger partial charge in [0, 0.05) is 0 Å². The van der Waals surface area contributed by atoms with E-state index in [-0.39, 0.29) is 50.8 Å². The lowest BCUT2D eigenvalue weighted by atomic mass is 9.95. The maximum atomic E-state index is 14.3. The van der Waals surface area contributed by atoms with Crippen LogP contribution in [-0.4, -0.2) is 97.6 Å². The van der Waals surface area contributed by atoms with Gasteiger partial charge in [-0.25, -0.2) is 14.4 Å². The van der Waals surface area contributed by atoms with Gasteiger partial charge in [0.25, 0.3) is 0 Å². The van der Waals surface area contributed by atoms with Crippen LogP contribution in [0.3, 0.4) is 0 Å². The average Bonchev–Trinajstić information content (AvgIpc) is 3.46. The SMILES string of the molecule is O=C(OC[C@H]1O[C@H](O[C@H]2[C@H](OC(=O)c3ccccc3)[C@@H](OC(=O)c3ccccc3)[C@@H](O)O[C@@H]2COCc2ccccc2)[C@@H](OCc2ccccc2)[C@@H](OCc2ccccc2)[C@@H]1OCc1ccccc1)c1ccccc1. The van der Waals surface area contributed by atoms with Crippen LogP contribution in [0.15, 0.2) is 212 Å². The third-order valence-electron chi connectivity index (χ3n) is 12.6. The lowest BCUT2D eigenvalue weighted by Gasteiger charge is -2.49. The Bertz CT molecular complexity index is 2810. The third kappa shape index (κ3) is 14.5. The zero-order valence-corrected chi connectivity index (χ0v) is 41.0. The Morgan fingerprint density at radius 3 is 1.21 bits per heavy atom. The minimum absolute atomic E-state index is 0.0478. The lowest BCUT2D eigenvalue weighted by molar-refractivity contribution is -0.366. The van der Waals surface area contributed by atoms with Gasteiger partial charge in [0.2, 0.25) is 0 Å². The highest BCUT2D eigenvalue weighted by Crippen LogP contribution is 2.36. The van der Waals surface area contributed by atoms with Crippen molar-refractivity contribution in [1.82, 2.24) is 0 Å². The van der Waals surface area contributed by atoms with E-state index in [0.717, 1.165) is 22.3 Å². The Labute approximate surface area is 435 Å². The molecular formula is C61H58O14. The van der Waals surface area contributed by atoms with Crippen LogP contribution in [0, 0.1) is 0 Å². The Kier molecular flexibility index (Phi) is 18.7. The van der Waals surface area contributed by atoms with E-state index < -0.39 is 79.3 Å². The number of carbonyl (C=O) groups is 3. The standard InChI is InChI=1S/C61H58O14/c62-57(46-30-16-5-17-31-46)70-41-50-51(67-37-43-24-10-2-11-25-43)53(68-38-44-26-12-3-13-27-44)56(69-39-45-28-14-4-15-29-45)61(72-50)75-52-49(40-66-36-42-22-8-1-9-23-42)71-60(65)55(74-59(64)48-34-20-7-21-35-48)54(52)73-58(63)47-32-18-6-19-33-47/h1-35,49-56,60-61,65H,36-41H2/t49-,50-,51-,52-,53+,54+,55-,56+,60+,61-/m1/s1. The van der Waals surface area contributed by atoms with Crippen LogP contribution < -0.4 is 0 Å². The predicted molar refractivity (Wildman–Crippen MR) is 274 cm³/mol. The molecule has 2 aliphatic heterocycles. The molecule has 2 fully saturated rings. The zero-order chi connectivity index (χ0) is 51.6. The van der Waals surface area contributed by atoms with Crippen LogP contribution in [0.25, 0.3) is 0 Å². The first-order chi connectivity index (χ1) is 36.9. The number of hydrogen-bond acceptors (Lipinski definition) is 14. The second-order valence-electron chi connectivity index (χ2n) is 17.9. The summed E-state index contributed by atoms with van der Waals surface area (Å²) in [6.07, 6.45) is -13.4. The number of hydrogen-bond donors (Lipinski definition) is 1. The Hall–Kier alpha value is -7.37. The predicted octanol–water partition coefficient (Wildman–Crippen LogP) is 9.09. The number of ether oxygens (including phenoxy) is 10. The summed E-state index contributed by atoms with van der Waals surface area (Å²) in [6, 6.07) is 63.1. The Morgan fingerprint density at radius 1 is 0.373 bits per heavy atom. The number of aliphatic hydroxyl groups is 1. The summed E-state index contributed by atoms with van der Waals surface area (Å²) in [4.78, 5) is 41.9. The molecule has 14 nitrogen and oxygen atoms in total. The highest BCUT2D eigenvalue weighted by Gasteiger charge is 2.56. The topological polar surface area (TPSA) is 164 Å². The van der Waals surface area contributed by atoms with Gasteiger partial charge in [0.05, 0.1) is 49.7 Å². The van der Waals surface area contributed by atoms with Crippen molar-refractivity contribution in [3.05, 3.63) is 251 Å². The van der Waals surface area contributed by atoms with Gasteiger partial charge in [-0.3, -0.25) is 0 Å². The van der Waals surface area contributed by atoms with Gasteiger partial charge in [0.15, 0.2) is 24.8 Å². The van der Waals surface area contributed by atoms with Gasteiger partial charge in [-0.1, -0.05) is 176 Å². The largest absolute Gasteiger partial charge is 0.459 e. The minimum Gasteiger partial charge on any atom is -0.459 e. The second kappa shape index (κ2) is 26.7. The van der Waals surface area contributed by atoms with Gasteiger partial charge in [0.1, 0.15) is 43.2 Å². The van der Waals surface area contributed by atoms with Crippen LogP contribution in [0.4, 0.5) is 0 Å². The van der Waals surface area contributed by atoms with E-state index in [0.29, 0.717) is 5.56 Å². The smallest absolute Gasteiger partial charge is 0.338 e. The number of benzene rings is 7. The van der Waals surface area contributed by atoms with E-state index in [9.17, 15) is 19.5 Å². The molecule has 386 valence electrons. The van der Waals surface area contributed by atoms with Crippen molar-refractivity contribution in [2.75, 3.05) is 13.2 Å². The van der Waals surface area contributed by atoms with Crippen molar-refractivity contribution in [2.45, 2.75) is 87.8 Å². The van der Waals surface area contributed by atoms with Gasteiger partial charge in [-0.05, 0) is 58.7 Å². The fraction of sp³-hybridized carbons (Fsp3) is 0.262. The molecule has 0 amide bonds. The van der Waals surface area contributed by atoms with E-state index in [1.54, 1.807) is 91.0 Å². The molecule has 2 aliphatic rings. The van der Waals surface area contributed by atoms with Gasteiger partial charge < -0.3 is 52.5 Å². The van der Waals surface area contributed by atoms with E-state index in [2.05, 4.69) is 0 Å². The van der Waals surface area contributed by atoms with Gasteiger partial charge in [-0.2, -0.15) is 0 Å². The van der Waals surface area contributed by atoms with Crippen molar-refractivity contribution >= 4 is 17.9 Å². The van der Waals surface area contributed by atoms with Crippen LogP contribution >= 0.6 is 0 Å². The molecule has 9 rings (SSSR count). The maximum Gasteiger partial charge on any atom is 0.338 e. The first-order valence-electron chi connectivity index (χ1n) is 24.8. The van der Waals surface area contributed by atoms with E-state index >= 15 is 0 Å². The fourth-order valence-electron chi connectivity index (χ4n) is 8.81. The molecule has 0 aromatic heterocycles. The lowest BCUT2D eigenvalue weighted by Crippen LogP contribution is -2.66. The van der Waals surface area contributed by atoms with Gasteiger partial charge in [-0.15, -0.1) is 0 Å². The second-order valence-corrected chi connectivity index (χ2v) is 17.9. The summed E-state index contributed by atoms with van der Waals surface area (Å²) in [5, 5.41) is 11.9. The van der Waals surface area contributed by atoms with Crippen molar-refractivity contribution < 1.29 is 66.9 Å². The summed E-state index contributed by atoms with van der Waals surface area (Å²) < 4.78 is 65.8. The summed E-state index contributed by atoms with van der Waals surface area (Å²) >= 11 is 0. The van der Waals surface area contributed by atoms with Gasteiger partial charge >= 0.3 is 17.9 Å². The molecule has 0 unspecified atom stereocenters. The Balaban J connectivity index is 1.13. The third-order valence-corrected chi connectivity index (χ3v) is 12.6. The summed E-state index contributed by atoms with van der Waals surface area (Å²) in [7, 11) is 0. The fourth-order valence-corrected chi connectivity index (χ4v) is 8.81. The van der Waals surface area contributed by atoms with Crippen LogP contribution in [-0.2, 0) is 73.8 Å². The molecule has 2 heterocycles. The molecule has 0 saturated carbocycles. The van der Waals surface area contributed by atoms with E-state index in [1.807, 2.05) is 121 Å². The summed E-state index contributed by atoms with van der Waals surface area (Å²) in [6.45, 7) is -0.163. The van der Waals surface area contributed by atoms with Crippen LogP contribution in [0.1, 0.15) is 53.3 Å². The molecule has 7 aromatic carbocycles. The molecule has 14 heteroatoms. The zero-order valence-electron chi connectivity index (χ0n) is 41.0. The number of carbonyl (C=O) groups excluding carboxylic acids is 3. The van der Waals surface area contributed by atoms with E-state index in [4.69, 9.17) is 47.4 Å². The highest BCUT2D eigenvalue weighted by molar-refractivity contribution is 5.90. The highest BCUT2D eigenvalue weighted by atomic mass is 16.8. The van der Waals surface area contributed by atoms with E-state index in [1.165, 1.54) is 0 Å². The molecule has 0 bridgehead atoms. The number of esters is 3. The van der Waals surface area contributed by atoms with Crippen molar-refractivity contribution in [1.29, 1.82) is 0 Å². The molecule has 0 spiro atoms. The molecule has 7 aromatic rings. The molecule has 1 N–H and O–H groups in total. The number of rotatable bonds is 22. The molecule has 10 atom stereocenters. The Morgan fingerprint density at radius 2 is 0.747 bits per heavy atom. The first kappa shape index (κ1) is 52.5.